The van der Waals surface area contributed by atoms with Crippen molar-refractivity contribution >= 4 is 5.91 Å². The second-order valence-electron chi connectivity index (χ2n) is 6.81. The molecule has 1 N–H and O–H groups in total. The molecule has 2 fully saturated rings. The Bertz CT molecular complexity index is 525. The number of likely N-dealkylation sites (tertiary alicyclic amines) is 1. The molecule has 0 aromatic carbocycles. The second kappa shape index (κ2) is 7.40. The summed E-state index contributed by atoms with van der Waals surface area (Å²) >= 11 is 0. The van der Waals surface area contributed by atoms with E-state index in [9.17, 15) is 4.79 Å². The second-order valence-corrected chi connectivity index (χ2v) is 6.81. The van der Waals surface area contributed by atoms with E-state index in [1.165, 1.54) is 0 Å². The maximum absolute atomic E-state index is 12.2. The van der Waals surface area contributed by atoms with Crippen molar-refractivity contribution in [3.05, 3.63) is 11.7 Å². The Morgan fingerprint density at radius 2 is 2.30 bits per heavy atom. The monoisotopic (exact) mass is 322 g/mol. The summed E-state index contributed by atoms with van der Waals surface area (Å²) in [4.78, 5) is 18.8. The van der Waals surface area contributed by atoms with Crippen LogP contribution < -0.4 is 5.32 Å². The lowest BCUT2D eigenvalue weighted by Gasteiger charge is -2.21. The minimum absolute atomic E-state index is 0.0661. The van der Waals surface area contributed by atoms with Crippen LogP contribution in [0.3, 0.4) is 0 Å². The quantitative estimate of drug-likeness (QED) is 0.854. The van der Waals surface area contributed by atoms with Gasteiger partial charge in [0.15, 0.2) is 5.82 Å². The van der Waals surface area contributed by atoms with Crippen molar-refractivity contribution < 1.29 is 14.1 Å². The van der Waals surface area contributed by atoms with Gasteiger partial charge >= 0.3 is 0 Å². The highest BCUT2D eigenvalue weighted by Gasteiger charge is 2.31. The predicted molar refractivity (Wildman–Crippen MR) is 83.9 cm³/mol. The molecule has 7 heteroatoms. The summed E-state index contributed by atoms with van der Waals surface area (Å²) in [5.41, 5.74) is 0. The van der Waals surface area contributed by atoms with Crippen LogP contribution in [0.5, 0.6) is 0 Å². The van der Waals surface area contributed by atoms with Crippen LogP contribution in [-0.4, -0.2) is 53.8 Å². The first-order valence-corrected chi connectivity index (χ1v) is 8.55. The fourth-order valence-corrected chi connectivity index (χ4v) is 3.17. The smallest absolute Gasteiger partial charge is 0.234 e. The first kappa shape index (κ1) is 16.4. The van der Waals surface area contributed by atoms with Crippen molar-refractivity contribution in [2.24, 2.45) is 5.92 Å². The van der Waals surface area contributed by atoms with E-state index in [1.807, 2.05) is 13.8 Å². The van der Waals surface area contributed by atoms with Crippen molar-refractivity contribution in [3.8, 4) is 0 Å². The van der Waals surface area contributed by atoms with Gasteiger partial charge in [-0.25, -0.2) is 0 Å². The molecule has 7 nitrogen and oxygen atoms in total. The molecule has 0 saturated carbocycles. The Balaban J connectivity index is 1.52. The topological polar surface area (TPSA) is 80.5 Å². The SMILES string of the molecule is CC(C)c1nc([C@H]2CCCN2CC(=O)NC[C@H]2CCOC2)no1. The van der Waals surface area contributed by atoms with Gasteiger partial charge in [0.2, 0.25) is 11.8 Å². The molecule has 23 heavy (non-hydrogen) atoms. The summed E-state index contributed by atoms with van der Waals surface area (Å²) in [6.45, 7) is 7.63. The molecule has 0 bridgehead atoms. The third-order valence-corrected chi connectivity index (χ3v) is 4.57. The number of hydrogen-bond donors (Lipinski definition) is 1. The summed E-state index contributed by atoms with van der Waals surface area (Å²) in [6.07, 6.45) is 3.06. The van der Waals surface area contributed by atoms with Crippen LogP contribution in [0.25, 0.3) is 0 Å². The molecular formula is C16H26N4O3. The van der Waals surface area contributed by atoms with Crippen LogP contribution in [-0.2, 0) is 9.53 Å². The van der Waals surface area contributed by atoms with Crippen LogP contribution in [0, 0.1) is 5.92 Å². The molecule has 0 unspecified atom stereocenters. The average Bonchev–Trinajstić information content (AvgIpc) is 3.26. The van der Waals surface area contributed by atoms with E-state index in [0.717, 1.165) is 39.0 Å². The number of aromatic nitrogens is 2. The lowest BCUT2D eigenvalue weighted by atomic mass is 10.1. The standard InChI is InChI=1S/C16H26N4O3/c1-11(2)16-18-15(19-23-16)13-4-3-6-20(13)9-14(21)17-8-12-5-7-22-10-12/h11-13H,3-10H2,1-2H3,(H,17,21)/t12-,13-/m1/s1. The fourth-order valence-electron chi connectivity index (χ4n) is 3.17. The molecule has 3 rings (SSSR count). The van der Waals surface area contributed by atoms with Crippen molar-refractivity contribution in [2.45, 2.75) is 45.1 Å². The maximum Gasteiger partial charge on any atom is 0.234 e. The predicted octanol–water partition coefficient (Wildman–Crippen LogP) is 1.48. The van der Waals surface area contributed by atoms with Crippen molar-refractivity contribution in [2.75, 3.05) is 32.8 Å². The molecule has 2 saturated heterocycles. The van der Waals surface area contributed by atoms with E-state index in [2.05, 4.69) is 20.4 Å². The Hall–Kier alpha value is -1.47. The van der Waals surface area contributed by atoms with Crippen LogP contribution in [0.2, 0.25) is 0 Å². The summed E-state index contributed by atoms with van der Waals surface area (Å²) < 4.78 is 10.6. The summed E-state index contributed by atoms with van der Waals surface area (Å²) in [6, 6.07) is 0.0896. The number of carbonyl (C=O) groups excluding carboxylic acids is 1. The number of hydrogen-bond acceptors (Lipinski definition) is 6. The lowest BCUT2D eigenvalue weighted by molar-refractivity contribution is -0.122. The zero-order valence-corrected chi connectivity index (χ0v) is 14.0. The maximum atomic E-state index is 12.2. The number of carbonyl (C=O) groups is 1. The molecule has 2 aliphatic rings. The Morgan fingerprint density at radius 3 is 3.00 bits per heavy atom. The van der Waals surface area contributed by atoms with Gasteiger partial charge in [-0.15, -0.1) is 0 Å². The molecule has 0 spiro atoms. The molecule has 1 aromatic heterocycles. The minimum atomic E-state index is 0.0661. The van der Waals surface area contributed by atoms with Crippen molar-refractivity contribution in [3.63, 3.8) is 0 Å². The van der Waals surface area contributed by atoms with Gasteiger partial charge in [-0.2, -0.15) is 4.98 Å². The Labute approximate surface area is 136 Å². The molecule has 2 aliphatic heterocycles. The highest BCUT2D eigenvalue weighted by Crippen LogP contribution is 2.30. The van der Waals surface area contributed by atoms with Gasteiger partial charge in [0.1, 0.15) is 0 Å². The molecule has 128 valence electrons. The van der Waals surface area contributed by atoms with Gasteiger partial charge in [0, 0.05) is 25.0 Å². The number of nitrogens with zero attached hydrogens (tertiary/aromatic N) is 3. The van der Waals surface area contributed by atoms with E-state index in [1.54, 1.807) is 0 Å². The Kier molecular flexibility index (Phi) is 5.27. The van der Waals surface area contributed by atoms with Gasteiger partial charge in [-0.3, -0.25) is 9.69 Å². The molecule has 1 aromatic rings. The number of amides is 1. The lowest BCUT2D eigenvalue weighted by Crippen LogP contribution is -2.39. The average molecular weight is 322 g/mol. The van der Waals surface area contributed by atoms with Crippen molar-refractivity contribution in [1.82, 2.24) is 20.4 Å². The zero-order chi connectivity index (χ0) is 16.2. The van der Waals surface area contributed by atoms with Crippen LogP contribution in [0.4, 0.5) is 0 Å². The van der Waals surface area contributed by atoms with E-state index >= 15 is 0 Å². The zero-order valence-electron chi connectivity index (χ0n) is 14.0. The van der Waals surface area contributed by atoms with E-state index in [0.29, 0.717) is 30.7 Å². The summed E-state index contributed by atoms with van der Waals surface area (Å²) in [5, 5.41) is 7.13. The first-order chi connectivity index (χ1) is 11.1. The van der Waals surface area contributed by atoms with Gasteiger partial charge in [0.05, 0.1) is 19.2 Å². The normalized spacial score (nSPS) is 25.3. The minimum Gasteiger partial charge on any atom is -0.381 e. The van der Waals surface area contributed by atoms with Crippen LogP contribution in [0.15, 0.2) is 4.52 Å². The fraction of sp³-hybridized carbons (Fsp3) is 0.812. The molecule has 3 heterocycles. The summed E-state index contributed by atoms with van der Waals surface area (Å²) in [5.74, 6) is 2.12. The number of nitrogens with one attached hydrogen (secondary N) is 1. The van der Waals surface area contributed by atoms with Gasteiger partial charge < -0.3 is 14.6 Å². The molecule has 0 radical (unpaired) electrons. The van der Waals surface area contributed by atoms with Crippen molar-refractivity contribution in [1.29, 1.82) is 0 Å². The highest BCUT2D eigenvalue weighted by molar-refractivity contribution is 5.78. The Morgan fingerprint density at radius 1 is 1.43 bits per heavy atom. The number of ether oxygens (including phenoxy) is 1. The molecule has 2 atom stereocenters. The van der Waals surface area contributed by atoms with Gasteiger partial charge in [-0.1, -0.05) is 19.0 Å². The third-order valence-electron chi connectivity index (χ3n) is 4.57. The number of rotatable bonds is 6. The van der Waals surface area contributed by atoms with Crippen LogP contribution >= 0.6 is 0 Å². The van der Waals surface area contributed by atoms with E-state index < -0.39 is 0 Å². The molecule has 1 amide bonds. The van der Waals surface area contributed by atoms with Gasteiger partial charge in [0.25, 0.3) is 0 Å². The van der Waals surface area contributed by atoms with E-state index in [-0.39, 0.29) is 17.9 Å². The third kappa shape index (κ3) is 4.09. The summed E-state index contributed by atoms with van der Waals surface area (Å²) in [7, 11) is 0. The largest absolute Gasteiger partial charge is 0.381 e. The molecule has 0 aliphatic carbocycles. The highest BCUT2D eigenvalue weighted by atomic mass is 16.5. The van der Waals surface area contributed by atoms with E-state index in [4.69, 9.17) is 9.26 Å². The molecular weight excluding hydrogens is 296 g/mol. The van der Waals surface area contributed by atoms with Crippen LogP contribution in [0.1, 0.15) is 56.8 Å². The first-order valence-electron chi connectivity index (χ1n) is 8.55. The van der Waals surface area contributed by atoms with Gasteiger partial charge in [-0.05, 0) is 25.8 Å².